The predicted octanol–water partition coefficient (Wildman–Crippen LogP) is 0.635. The topological polar surface area (TPSA) is 85.8 Å². The molecule has 1 N–H and O–H groups in total. The zero-order valence-corrected chi connectivity index (χ0v) is 9.94. The standard InChI is InChI=1S/C11H13N5O2/c1-15-5-4-8(13-15)6-16-10(7-2-3-7)9(11(17)18)12-14-16/h4-5,7H,2-3,6H2,1H3,(H,17,18). The number of carboxylic acids is 1. The molecule has 18 heavy (non-hydrogen) atoms. The van der Waals surface area contributed by atoms with Gasteiger partial charge in [-0.15, -0.1) is 5.10 Å². The first kappa shape index (κ1) is 10.9. The fourth-order valence-electron chi connectivity index (χ4n) is 2.05. The molecule has 1 aliphatic rings. The van der Waals surface area contributed by atoms with Crippen LogP contribution in [-0.4, -0.2) is 35.9 Å². The number of hydrogen-bond acceptors (Lipinski definition) is 4. The van der Waals surface area contributed by atoms with Gasteiger partial charge >= 0.3 is 5.97 Å². The Morgan fingerprint density at radius 2 is 2.33 bits per heavy atom. The molecular formula is C11H13N5O2. The minimum atomic E-state index is -1.01. The van der Waals surface area contributed by atoms with Crippen LogP contribution >= 0.6 is 0 Å². The Labute approximate surface area is 103 Å². The van der Waals surface area contributed by atoms with Crippen LogP contribution in [0.3, 0.4) is 0 Å². The van der Waals surface area contributed by atoms with Gasteiger partial charge in [-0.3, -0.25) is 4.68 Å². The van der Waals surface area contributed by atoms with Gasteiger partial charge in [0.15, 0.2) is 5.69 Å². The average molecular weight is 247 g/mol. The highest BCUT2D eigenvalue weighted by molar-refractivity contribution is 5.86. The molecule has 0 amide bonds. The third kappa shape index (κ3) is 1.87. The highest BCUT2D eigenvalue weighted by Crippen LogP contribution is 2.41. The van der Waals surface area contributed by atoms with Crippen molar-refractivity contribution in [3.8, 4) is 0 Å². The van der Waals surface area contributed by atoms with Crippen LogP contribution in [0.4, 0.5) is 0 Å². The van der Waals surface area contributed by atoms with Gasteiger partial charge in [-0.2, -0.15) is 5.10 Å². The SMILES string of the molecule is Cn1ccc(Cn2nnc(C(=O)O)c2C2CC2)n1. The predicted molar refractivity (Wildman–Crippen MR) is 61.3 cm³/mol. The normalized spacial score (nSPS) is 14.9. The molecule has 0 atom stereocenters. The molecule has 1 aliphatic carbocycles. The van der Waals surface area contributed by atoms with Crippen LogP contribution in [0.1, 0.15) is 40.6 Å². The van der Waals surface area contributed by atoms with Gasteiger partial charge in [0, 0.05) is 19.2 Å². The van der Waals surface area contributed by atoms with E-state index in [1.54, 1.807) is 9.36 Å². The van der Waals surface area contributed by atoms with E-state index < -0.39 is 5.97 Å². The molecule has 0 radical (unpaired) electrons. The summed E-state index contributed by atoms with van der Waals surface area (Å²) in [5.41, 5.74) is 1.66. The lowest BCUT2D eigenvalue weighted by Crippen LogP contribution is -2.09. The molecule has 0 unspecified atom stereocenters. The van der Waals surface area contributed by atoms with Crippen molar-refractivity contribution in [3.05, 3.63) is 29.3 Å². The van der Waals surface area contributed by atoms with Gasteiger partial charge in [0.25, 0.3) is 0 Å². The van der Waals surface area contributed by atoms with Crippen LogP contribution in [0, 0.1) is 0 Å². The van der Waals surface area contributed by atoms with E-state index in [9.17, 15) is 4.79 Å². The van der Waals surface area contributed by atoms with Gasteiger partial charge in [0.05, 0.1) is 17.9 Å². The van der Waals surface area contributed by atoms with Crippen molar-refractivity contribution in [2.45, 2.75) is 25.3 Å². The summed E-state index contributed by atoms with van der Waals surface area (Å²) < 4.78 is 3.37. The Kier molecular flexibility index (Phi) is 2.39. The molecule has 0 saturated heterocycles. The zero-order valence-electron chi connectivity index (χ0n) is 9.94. The lowest BCUT2D eigenvalue weighted by atomic mass is 10.2. The maximum absolute atomic E-state index is 11.1. The van der Waals surface area contributed by atoms with Crippen molar-refractivity contribution in [2.24, 2.45) is 7.05 Å². The van der Waals surface area contributed by atoms with Crippen molar-refractivity contribution >= 4 is 5.97 Å². The molecule has 7 heteroatoms. The fourth-order valence-corrected chi connectivity index (χ4v) is 2.05. The van der Waals surface area contributed by atoms with Gasteiger partial charge in [-0.25, -0.2) is 9.48 Å². The molecule has 3 rings (SSSR count). The second-order valence-electron chi connectivity index (χ2n) is 4.54. The summed E-state index contributed by atoms with van der Waals surface area (Å²) in [4.78, 5) is 11.1. The molecule has 2 aromatic rings. The number of rotatable bonds is 4. The number of aromatic carboxylic acids is 1. The first-order chi connectivity index (χ1) is 8.65. The molecule has 0 aliphatic heterocycles. The summed E-state index contributed by atoms with van der Waals surface area (Å²) in [5.74, 6) is -0.723. The Morgan fingerprint density at radius 1 is 1.56 bits per heavy atom. The van der Waals surface area contributed by atoms with Crippen molar-refractivity contribution in [2.75, 3.05) is 0 Å². The quantitative estimate of drug-likeness (QED) is 0.856. The van der Waals surface area contributed by atoms with Gasteiger partial charge in [-0.1, -0.05) is 5.21 Å². The second kappa shape index (κ2) is 3.94. The fraction of sp³-hybridized carbons (Fsp3) is 0.455. The average Bonchev–Trinajstić information content (AvgIpc) is 2.94. The lowest BCUT2D eigenvalue weighted by molar-refractivity contribution is 0.0689. The van der Waals surface area contributed by atoms with E-state index in [0.717, 1.165) is 24.2 Å². The zero-order chi connectivity index (χ0) is 12.7. The summed E-state index contributed by atoms with van der Waals surface area (Å²) in [5, 5.41) is 21.1. The summed E-state index contributed by atoms with van der Waals surface area (Å²) in [6, 6.07) is 1.89. The van der Waals surface area contributed by atoms with Crippen LogP contribution in [0.25, 0.3) is 0 Å². The maximum atomic E-state index is 11.1. The van der Waals surface area contributed by atoms with E-state index in [1.807, 2.05) is 19.3 Å². The molecule has 0 bridgehead atoms. The molecule has 1 saturated carbocycles. The van der Waals surface area contributed by atoms with Gasteiger partial charge in [0.1, 0.15) is 0 Å². The third-order valence-corrected chi connectivity index (χ3v) is 3.02. The largest absolute Gasteiger partial charge is 0.476 e. The Balaban J connectivity index is 1.94. The van der Waals surface area contributed by atoms with Gasteiger partial charge < -0.3 is 5.11 Å². The molecule has 0 spiro atoms. The molecule has 1 fully saturated rings. The number of carbonyl (C=O) groups is 1. The number of aromatic nitrogens is 5. The highest BCUT2D eigenvalue weighted by Gasteiger charge is 2.33. The minimum Gasteiger partial charge on any atom is -0.476 e. The van der Waals surface area contributed by atoms with E-state index in [0.29, 0.717) is 6.54 Å². The molecule has 0 aromatic carbocycles. The van der Waals surface area contributed by atoms with Crippen molar-refractivity contribution in [1.82, 2.24) is 24.8 Å². The molecule has 94 valence electrons. The van der Waals surface area contributed by atoms with E-state index >= 15 is 0 Å². The minimum absolute atomic E-state index is 0.0773. The van der Waals surface area contributed by atoms with Crippen LogP contribution in [0.2, 0.25) is 0 Å². The summed E-state index contributed by atoms with van der Waals surface area (Å²) in [7, 11) is 1.84. The first-order valence-electron chi connectivity index (χ1n) is 5.80. The second-order valence-corrected chi connectivity index (χ2v) is 4.54. The summed E-state index contributed by atoms with van der Waals surface area (Å²) >= 11 is 0. The van der Waals surface area contributed by atoms with E-state index in [4.69, 9.17) is 5.11 Å². The lowest BCUT2D eigenvalue weighted by Gasteiger charge is -2.03. The number of carboxylic acid groups (broad SMARTS) is 1. The van der Waals surface area contributed by atoms with Gasteiger partial charge in [-0.05, 0) is 18.9 Å². The maximum Gasteiger partial charge on any atom is 0.358 e. The van der Waals surface area contributed by atoms with Crippen molar-refractivity contribution in [3.63, 3.8) is 0 Å². The number of hydrogen-bond donors (Lipinski definition) is 1. The van der Waals surface area contributed by atoms with E-state index in [2.05, 4.69) is 15.4 Å². The summed E-state index contributed by atoms with van der Waals surface area (Å²) in [6.07, 6.45) is 3.87. The third-order valence-electron chi connectivity index (χ3n) is 3.02. The van der Waals surface area contributed by atoms with Crippen molar-refractivity contribution < 1.29 is 9.90 Å². The Hall–Kier alpha value is -2.18. The van der Waals surface area contributed by atoms with Crippen LogP contribution < -0.4 is 0 Å². The van der Waals surface area contributed by atoms with Gasteiger partial charge in [0.2, 0.25) is 0 Å². The van der Waals surface area contributed by atoms with Crippen LogP contribution in [0.15, 0.2) is 12.3 Å². The number of nitrogens with zero attached hydrogens (tertiary/aromatic N) is 5. The molecule has 2 heterocycles. The highest BCUT2D eigenvalue weighted by atomic mass is 16.4. The van der Waals surface area contributed by atoms with Crippen molar-refractivity contribution in [1.29, 1.82) is 0 Å². The van der Waals surface area contributed by atoms with Crippen LogP contribution in [-0.2, 0) is 13.6 Å². The molecule has 7 nitrogen and oxygen atoms in total. The Morgan fingerprint density at radius 3 is 2.89 bits per heavy atom. The van der Waals surface area contributed by atoms with E-state index in [-0.39, 0.29) is 11.6 Å². The first-order valence-corrected chi connectivity index (χ1v) is 5.80. The van der Waals surface area contributed by atoms with E-state index in [1.165, 1.54) is 0 Å². The molecule has 2 aromatic heterocycles. The monoisotopic (exact) mass is 247 g/mol. The summed E-state index contributed by atoms with van der Waals surface area (Å²) in [6.45, 7) is 0.465. The molecular weight excluding hydrogens is 234 g/mol. The Bertz CT molecular complexity index is 596. The number of aryl methyl sites for hydroxylation is 1. The smallest absolute Gasteiger partial charge is 0.358 e. The van der Waals surface area contributed by atoms with Crippen LogP contribution in [0.5, 0.6) is 0 Å².